The van der Waals surface area contributed by atoms with Crippen LogP contribution >= 0.6 is 0 Å². The van der Waals surface area contributed by atoms with E-state index in [1.165, 1.54) is 7.11 Å². The van der Waals surface area contributed by atoms with Crippen molar-refractivity contribution in [2.75, 3.05) is 26.8 Å². The first-order valence-electron chi connectivity index (χ1n) is 4.17. The number of methoxy groups -OCH3 is 1. The molecule has 70 valence electrons. The van der Waals surface area contributed by atoms with Gasteiger partial charge in [0.25, 0.3) is 0 Å². The van der Waals surface area contributed by atoms with Gasteiger partial charge in [-0.2, -0.15) is 0 Å². The highest BCUT2D eigenvalue weighted by molar-refractivity contribution is 5.78. The van der Waals surface area contributed by atoms with E-state index in [0.29, 0.717) is 0 Å². The van der Waals surface area contributed by atoms with E-state index in [1.54, 1.807) is 0 Å². The molecule has 12 heavy (non-hydrogen) atoms. The number of carbonyl (C=O) groups is 1. The number of nitrogens with one attached hydrogen (secondary N) is 2. The third-order valence-corrected chi connectivity index (χ3v) is 2.09. The zero-order valence-electron chi connectivity index (χ0n) is 7.64. The first-order valence-corrected chi connectivity index (χ1v) is 4.17. The standard InChI is InChI=1S/C8H16N2O2/c1-8(3-4-9-6-8)10-7(11)5-12-2/h9H,3-6H2,1-2H3,(H,10,11). The molecule has 0 aromatic carbocycles. The van der Waals surface area contributed by atoms with Crippen LogP contribution in [0.2, 0.25) is 0 Å². The Morgan fingerprint density at radius 3 is 3.00 bits per heavy atom. The number of hydrogen-bond donors (Lipinski definition) is 2. The van der Waals surface area contributed by atoms with Crippen LogP contribution in [0.25, 0.3) is 0 Å². The molecule has 1 amide bonds. The number of carbonyl (C=O) groups excluding carboxylic acids is 1. The Morgan fingerprint density at radius 1 is 1.75 bits per heavy atom. The Bertz CT molecular complexity index is 164. The number of amides is 1. The summed E-state index contributed by atoms with van der Waals surface area (Å²) >= 11 is 0. The van der Waals surface area contributed by atoms with Gasteiger partial charge in [0.2, 0.25) is 5.91 Å². The first kappa shape index (κ1) is 9.48. The molecule has 2 N–H and O–H groups in total. The third kappa shape index (κ3) is 2.46. The molecule has 0 spiro atoms. The molecule has 0 aliphatic carbocycles. The molecule has 0 saturated carbocycles. The fourth-order valence-electron chi connectivity index (χ4n) is 1.43. The molecule has 0 bridgehead atoms. The third-order valence-electron chi connectivity index (χ3n) is 2.09. The summed E-state index contributed by atoms with van der Waals surface area (Å²) < 4.78 is 4.73. The average molecular weight is 172 g/mol. The predicted molar refractivity (Wildman–Crippen MR) is 45.9 cm³/mol. The van der Waals surface area contributed by atoms with Gasteiger partial charge >= 0.3 is 0 Å². The normalized spacial score (nSPS) is 28.8. The van der Waals surface area contributed by atoms with E-state index < -0.39 is 0 Å². The van der Waals surface area contributed by atoms with Gasteiger partial charge in [-0.25, -0.2) is 0 Å². The number of ether oxygens (including phenoxy) is 1. The van der Waals surface area contributed by atoms with Crippen molar-refractivity contribution in [1.82, 2.24) is 10.6 Å². The second-order valence-electron chi connectivity index (χ2n) is 3.47. The summed E-state index contributed by atoms with van der Waals surface area (Å²) in [7, 11) is 1.52. The molecule has 1 saturated heterocycles. The van der Waals surface area contributed by atoms with Crippen LogP contribution in [0, 0.1) is 0 Å². The van der Waals surface area contributed by atoms with Crippen molar-refractivity contribution in [3.05, 3.63) is 0 Å². The highest BCUT2D eigenvalue weighted by Gasteiger charge is 2.29. The van der Waals surface area contributed by atoms with Crippen LogP contribution in [0.5, 0.6) is 0 Å². The Labute approximate surface area is 72.7 Å². The van der Waals surface area contributed by atoms with E-state index in [-0.39, 0.29) is 18.1 Å². The van der Waals surface area contributed by atoms with E-state index in [1.807, 2.05) is 6.92 Å². The Morgan fingerprint density at radius 2 is 2.50 bits per heavy atom. The maximum atomic E-state index is 11.1. The lowest BCUT2D eigenvalue weighted by molar-refractivity contribution is -0.126. The second-order valence-corrected chi connectivity index (χ2v) is 3.47. The summed E-state index contributed by atoms with van der Waals surface area (Å²) in [4.78, 5) is 11.1. The van der Waals surface area contributed by atoms with Crippen molar-refractivity contribution < 1.29 is 9.53 Å². The van der Waals surface area contributed by atoms with Gasteiger partial charge in [0.15, 0.2) is 0 Å². The molecule has 1 unspecified atom stereocenters. The maximum absolute atomic E-state index is 11.1. The van der Waals surface area contributed by atoms with E-state index >= 15 is 0 Å². The fourth-order valence-corrected chi connectivity index (χ4v) is 1.43. The van der Waals surface area contributed by atoms with Gasteiger partial charge in [0.05, 0.1) is 5.54 Å². The smallest absolute Gasteiger partial charge is 0.246 e. The molecule has 1 aliphatic heterocycles. The second kappa shape index (κ2) is 3.87. The van der Waals surface area contributed by atoms with Crippen molar-refractivity contribution in [2.45, 2.75) is 18.9 Å². The molecule has 0 aromatic heterocycles. The van der Waals surface area contributed by atoms with Crippen molar-refractivity contribution in [1.29, 1.82) is 0 Å². The van der Waals surface area contributed by atoms with Gasteiger partial charge in [0.1, 0.15) is 6.61 Å². The van der Waals surface area contributed by atoms with Gasteiger partial charge < -0.3 is 15.4 Å². The van der Waals surface area contributed by atoms with Crippen LogP contribution in [0.4, 0.5) is 0 Å². The van der Waals surface area contributed by atoms with Crippen molar-refractivity contribution in [3.63, 3.8) is 0 Å². The minimum absolute atomic E-state index is 0.0382. The van der Waals surface area contributed by atoms with Gasteiger partial charge in [0, 0.05) is 13.7 Å². The summed E-state index contributed by atoms with van der Waals surface area (Å²) in [6.45, 7) is 4.02. The topological polar surface area (TPSA) is 50.4 Å². The highest BCUT2D eigenvalue weighted by atomic mass is 16.5. The van der Waals surface area contributed by atoms with E-state index in [9.17, 15) is 4.79 Å². The van der Waals surface area contributed by atoms with Crippen LogP contribution < -0.4 is 10.6 Å². The maximum Gasteiger partial charge on any atom is 0.246 e. The highest BCUT2D eigenvalue weighted by Crippen LogP contribution is 2.12. The first-order chi connectivity index (χ1) is 5.66. The van der Waals surface area contributed by atoms with Crippen LogP contribution in [0.1, 0.15) is 13.3 Å². The fraction of sp³-hybridized carbons (Fsp3) is 0.875. The van der Waals surface area contributed by atoms with Crippen molar-refractivity contribution in [2.24, 2.45) is 0 Å². The molecule has 4 nitrogen and oxygen atoms in total. The Hall–Kier alpha value is -0.610. The molecule has 1 atom stereocenters. The van der Waals surface area contributed by atoms with Crippen LogP contribution in [0.15, 0.2) is 0 Å². The number of rotatable bonds is 3. The largest absolute Gasteiger partial charge is 0.375 e. The summed E-state index contributed by atoms with van der Waals surface area (Å²) in [6, 6.07) is 0. The Balaban J connectivity index is 2.33. The van der Waals surface area contributed by atoms with E-state index in [2.05, 4.69) is 10.6 Å². The van der Waals surface area contributed by atoms with Gasteiger partial charge in [-0.3, -0.25) is 4.79 Å². The zero-order chi connectivity index (χ0) is 9.03. The SMILES string of the molecule is COCC(=O)NC1(C)CCNC1. The predicted octanol–water partition coefficient (Wildman–Crippen LogP) is -0.499. The Kier molecular flexibility index (Phi) is 3.05. The molecule has 4 heteroatoms. The minimum atomic E-state index is -0.0738. The van der Waals surface area contributed by atoms with Gasteiger partial charge in [-0.1, -0.05) is 0 Å². The van der Waals surface area contributed by atoms with Crippen LogP contribution in [-0.4, -0.2) is 38.3 Å². The van der Waals surface area contributed by atoms with Gasteiger partial charge in [-0.05, 0) is 19.9 Å². The number of hydrogen-bond acceptors (Lipinski definition) is 3. The van der Waals surface area contributed by atoms with Crippen LogP contribution in [-0.2, 0) is 9.53 Å². The van der Waals surface area contributed by atoms with Crippen LogP contribution in [0.3, 0.4) is 0 Å². The lowest BCUT2D eigenvalue weighted by atomic mass is 10.0. The summed E-state index contributed by atoms with van der Waals surface area (Å²) in [6.07, 6.45) is 0.989. The lowest BCUT2D eigenvalue weighted by Crippen LogP contribution is -2.48. The average Bonchev–Trinajstić information content (AvgIpc) is 2.36. The monoisotopic (exact) mass is 172 g/mol. The molecule has 1 fully saturated rings. The summed E-state index contributed by atoms with van der Waals surface area (Å²) in [5, 5.41) is 6.13. The quantitative estimate of drug-likeness (QED) is 0.603. The summed E-state index contributed by atoms with van der Waals surface area (Å²) in [5.41, 5.74) is -0.0738. The van der Waals surface area contributed by atoms with Crippen molar-refractivity contribution in [3.8, 4) is 0 Å². The molecular weight excluding hydrogens is 156 g/mol. The molecule has 1 heterocycles. The zero-order valence-corrected chi connectivity index (χ0v) is 7.64. The molecular formula is C8H16N2O2. The molecule has 1 rings (SSSR count). The molecule has 0 radical (unpaired) electrons. The van der Waals surface area contributed by atoms with E-state index in [0.717, 1.165) is 19.5 Å². The lowest BCUT2D eigenvalue weighted by Gasteiger charge is -2.24. The minimum Gasteiger partial charge on any atom is -0.375 e. The molecule has 1 aliphatic rings. The van der Waals surface area contributed by atoms with Gasteiger partial charge in [-0.15, -0.1) is 0 Å². The summed E-state index contributed by atoms with van der Waals surface area (Å²) in [5.74, 6) is -0.0382. The van der Waals surface area contributed by atoms with Crippen molar-refractivity contribution >= 4 is 5.91 Å². The molecule has 0 aromatic rings. The van der Waals surface area contributed by atoms with E-state index in [4.69, 9.17) is 4.74 Å².